The number of nitrogens with zero attached hydrogens (tertiary/aromatic N) is 6. The summed E-state index contributed by atoms with van der Waals surface area (Å²) in [5.74, 6) is 1.84. The molecule has 0 radical (unpaired) electrons. The molecule has 2 aliphatic rings. The first kappa shape index (κ1) is 19.1. The summed E-state index contributed by atoms with van der Waals surface area (Å²) in [5, 5.41) is 7.44. The maximum absolute atomic E-state index is 5.48. The third-order valence-electron chi connectivity index (χ3n) is 5.79. The molecule has 0 spiro atoms. The first-order valence-electron chi connectivity index (χ1n) is 10.8. The topological polar surface area (TPSA) is 83.2 Å². The van der Waals surface area contributed by atoms with Crippen molar-refractivity contribution in [3.63, 3.8) is 0 Å². The van der Waals surface area contributed by atoms with Gasteiger partial charge in [0, 0.05) is 44.3 Å². The van der Waals surface area contributed by atoms with Crippen LogP contribution in [-0.4, -0.2) is 63.8 Å². The highest BCUT2D eigenvalue weighted by Gasteiger charge is 2.27. The second-order valence-electron chi connectivity index (χ2n) is 7.91. The number of rotatable bonds is 7. The van der Waals surface area contributed by atoms with Crippen molar-refractivity contribution in [2.75, 3.05) is 37.6 Å². The van der Waals surface area contributed by atoms with Crippen molar-refractivity contribution < 1.29 is 4.52 Å². The molecule has 8 heteroatoms. The first-order valence-corrected chi connectivity index (χ1v) is 10.8. The number of aromatic nitrogens is 4. The number of piperazine rings is 1. The molecule has 8 nitrogen and oxygen atoms in total. The first-order chi connectivity index (χ1) is 14.8. The van der Waals surface area contributed by atoms with Gasteiger partial charge in [0.25, 0.3) is 5.89 Å². The van der Waals surface area contributed by atoms with Crippen LogP contribution in [0.5, 0.6) is 0 Å². The van der Waals surface area contributed by atoms with E-state index in [2.05, 4.69) is 54.3 Å². The zero-order chi connectivity index (χ0) is 20.3. The minimum absolute atomic E-state index is 0.458. The third-order valence-corrected chi connectivity index (χ3v) is 5.79. The normalized spacial score (nSPS) is 16.9. The highest BCUT2D eigenvalue weighted by molar-refractivity contribution is 5.57. The van der Waals surface area contributed by atoms with Gasteiger partial charge in [-0.25, -0.2) is 9.97 Å². The lowest BCUT2D eigenvalue weighted by molar-refractivity contribution is 0.269. The van der Waals surface area contributed by atoms with Crippen molar-refractivity contribution in [1.29, 1.82) is 0 Å². The van der Waals surface area contributed by atoms with E-state index in [4.69, 9.17) is 4.52 Å². The second kappa shape index (κ2) is 8.49. The van der Waals surface area contributed by atoms with Crippen molar-refractivity contribution in [3.05, 3.63) is 42.2 Å². The van der Waals surface area contributed by atoms with Gasteiger partial charge in [-0.3, -0.25) is 4.90 Å². The van der Waals surface area contributed by atoms with Crippen LogP contribution in [-0.2, 0) is 6.54 Å². The van der Waals surface area contributed by atoms with Gasteiger partial charge in [0.05, 0.1) is 12.4 Å². The zero-order valence-corrected chi connectivity index (χ0v) is 17.3. The molecule has 0 atom stereocenters. The van der Waals surface area contributed by atoms with Crippen molar-refractivity contribution in [3.8, 4) is 23.0 Å². The molecule has 2 fully saturated rings. The van der Waals surface area contributed by atoms with Crippen LogP contribution in [0.3, 0.4) is 0 Å². The Hall–Kier alpha value is -2.84. The summed E-state index contributed by atoms with van der Waals surface area (Å²) in [6.07, 6.45) is 6.16. The van der Waals surface area contributed by atoms with Gasteiger partial charge in [-0.2, -0.15) is 4.98 Å². The van der Waals surface area contributed by atoms with Gasteiger partial charge in [0.1, 0.15) is 11.5 Å². The summed E-state index contributed by atoms with van der Waals surface area (Å²) in [5.41, 5.74) is 2.84. The predicted octanol–water partition coefficient (Wildman–Crippen LogP) is 2.59. The molecule has 156 valence electrons. The standard InChI is InChI=1S/C22H27N7O/c1-2-28(18-7-8-18)15-16-3-5-17(6-4-16)22-26-21(27-30-22)19-13-25-20(14-24-19)29-11-9-23-10-12-29/h3-6,13-14,18,23H,2,7-12,15H2,1H3. The Balaban J connectivity index is 1.27. The average Bonchev–Trinajstić information content (AvgIpc) is 3.54. The van der Waals surface area contributed by atoms with Crippen LogP contribution in [0.4, 0.5) is 5.82 Å². The predicted molar refractivity (Wildman–Crippen MR) is 115 cm³/mol. The molecular weight excluding hydrogens is 378 g/mol. The molecule has 1 saturated heterocycles. The van der Waals surface area contributed by atoms with E-state index in [9.17, 15) is 0 Å². The van der Waals surface area contributed by atoms with Crippen LogP contribution in [0, 0.1) is 0 Å². The molecule has 3 heterocycles. The monoisotopic (exact) mass is 405 g/mol. The minimum atomic E-state index is 0.458. The molecule has 1 aliphatic heterocycles. The number of nitrogens with one attached hydrogen (secondary N) is 1. The fourth-order valence-corrected chi connectivity index (χ4v) is 3.86. The Morgan fingerprint density at radius 1 is 1.10 bits per heavy atom. The van der Waals surface area contributed by atoms with E-state index in [0.717, 1.165) is 56.7 Å². The van der Waals surface area contributed by atoms with E-state index in [0.29, 0.717) is 17.4 Å². The van der Waals surface area contributed by atoms with Crippen LogP contribution in [0.2, 0.25) is 0 Å². The average molecular weight is 406 g/mol. The minimum Gasteiger partial charge on any atom is -0.353 e. The Morgan fingerprint density at radius 3 is 2.57 bits per heavy atom. The van der Waals surface area contributed by atoms with Gasteiger partial charge in [-0.1, -0.05) is 24.2 Å². The maximum Gasteiger partial charge on any atom is 0.258 e. The molecule has 5 rings (SSSR count). The van der Waals surface area contributed by atoms with E-state index in [-0.39, 0.29) is 0 Å². The lowest BCUT2D eigenvalue weighted by Crippen LogP contribution is -2.43. The lowest BCUT2D eigenvalue weighted by atomic mass is 10.1. The van der Waals surface area contributed by atoms with Crippen LogP contribution in [0.1, 0.15) is 25.3 Å². The van der Waals surface area contributed by atoms with E-state index in [1.807, 2.05) is 12.1 Å². The largest absolute Gasteiger partial charge is 0.353 e. The smallest absolute Gasteiger partial charge is 0.258 e. The summed E-state index contributed by atoms with van der Waals surface area (Å²) in [7, 11) is 0. The summed E-state index contributed by atoms with van der Waals surface area (Å²) >= 11 is 0. The molecule has 1 saturated carbocycles. The van der Waals surface area contributed by atoms with E-state index in [1.165, 1.54) is 18.4 Å². The summed E-state index contributed by atoms with van der Waals surface area (Å²) < 4.78 is 5.48. The molecule has 1 aliphatic carbocycles. The SMILES string of the molecule is CCN(Cc1ccc(-c2nc(-c3cnc(N4CCNCC4)cn3)no2)cc1)C1CC1. The zero-order valence-electron chi connectivity index (χ0n) is 17.3. The van der Waals surface area contributed by atoms with E-state index >= 15 is 0 Å². The Kier molecular flexibility index (Phi) is 5.42. The highest BCUT2D eigenvalue weighted by Crippen LogP contribution is 2.28. The second-order valence-corrected chi connectivity index (χ2v) is 7.91. The van der Waals surface area contributed by atoms with Crippen molar-refractivity contribution >= 4 is 5.82 Å². The van der Waals surface area contributed by atoms with Crippen molar-refractivity contribution in [2.24, 2.45) is 0 Å². The van der Waals surface area contributed by atoms with Gasteiger partial charge in [0.2, 0.25) is 5.82 Å². The summed E-state index contributed by atoms with van der Waals surface area (Å²) in [4.78, 5) is 18.3. The molecule has 3 aromatic rings. The van der Waals surface area contributed by atoms with E-state index < -0.39 is 0 Å². The Morgan fingerprint density at radius 2 is 1.90 bits per heavy atom. The highest BCUT2D eigenvalue weighted by atomic mass is 16.5. The molecule has 0 bridgehead atoms. The molecule has 1 N–H and O–H groups in total. The third kappa shape index (κ3) is 4.20. The molecule has 0 unspecified atom stereocenters. The van der Waals surface area contributed by atoms with Crippen molar-refractivity contribution in [1.82, 2.24) is 30.3 Å². The maximum atomic E-state index is 5.48. The number of benzene rings is 1. The van der Waals surface area contributed by atoms with Gasteiger partial charge < -0.3 is 14.7 Å². The van der Waals surface area contributed by atoms with Gasteiger partial charge >= 0.3 is 0 Å². The van der Waals surface area contributed by atoms with Crippen LogP contribution in [0.15, 0.2) is 41.2 Å². The van der Waals surface area contributed by atoms with E-state index in [1.54, 1.807) is 12.4 Å². The number of hydrogen-bond acceptors (Lipinski definition) is 8. The Bertz CT molecular complexity index is 960. The fraction of sp³-hybridized carbons (Fsp3) is 0.455. The van der Waals surface area contributed by atoms with Crippen LogP contribution < -0.4 is 10.2 Å². The molecular formula is C22H27N7O. The number of anilines is 1. The molecule has 1 aromatic carbocycles. The Labute approximate surface area is 176 Å². The molecule has 0 amide bonds. The van der Waals surface area contributed by atoms with Gasteiger partial charge in [0.15, 0.2) is 0 Å². The van der Waals surface area contributed by atoms with Gasteiger partial charge in [-0.05, 0) is 37.1 Å². The van der Waals surface area contributed by atoms with Gasteiger partial charge in [-0.15, -0.1) is 0 Å². The summed E-state index contributed by atoms with van der Waals surface area (Å²) in [6, 6.07) is 9.16. The van der Waals surface area contributed by atoms with Crippen LogP contribution in [0.25, 0.3) is 23.0 Å². The quantitative estimate of drug-likeness (QED) is 0.642. The summed E-state index contributed by atoms with van der Waals surface area (Å²) in [6.45, 7) is 8.12. The molecule has 30 heavy (non-hydrogen) atoms. The lowest BCUT2D eigenvalue weighted by Gasteiger charge is -2.27. The molecule has 2 aromatic heterocycles. The number of hydrogen-bond donors (Lipinski definition) is 1. The fourth-order valence-electron chi connectivity index (χ4n) is 3.86. The van der Waals surface area contributed by atoms with Crippen molar-refractivity contribution in [2.45, 2.75) is 32.4 Å². The van der Waals surface area contributed by atoms with Crippen LogP contribution >= 0.6 is 0 Å².